The minimum atomic E-state index is -0.463. The molecule has 0 aliphatic rings. The fourth-order valence-corrected chi connectivity index (χ4v) is 2.48. The molecule has 3 rings (SSSR count). The van der Waals surface area contributed by atoms with Crippen LogP contribution in [0.15, 0.2) is 36.4 Å². The summed E-state index contributed by atoms with van der Waals surface area (Å²) in [5, 5.41) is 7.74. The van der Waals surface area contributed by atoms with Crippen molar-refractivity contribution in [2.45, 2.75) is 0 Å². The monoisotopic (exact) mass is 326 g/mol. The molecule has 122 valence electrons. The summed E-state index contributed by atoms with van der Waals surface area (Å²) >= 11 is 0. The number of fused-ring (bicyclic) bond motifs is 1. The Kier molecular flexibility index (Phi) is 4.26. The van der Waals surface area contributed by atoms with E-state index in [1.54, 1.807) is 36.4 Å². The van der Waals surface area contributed by atoms with Gasteiger partial charge in [0, 0.05) is 0 Å². The molecule has 1 aromatic heterocycles. The van der Waals surface area contributed by atoms with E-state index in [1.807, 2.05) is 0 Å². The third-order valence-corrected chi connectivity index (χ3v) is 3.57. The number of H-pyrrole nitrogens is 1. The zero-order valence-corrected chi connectivity index (χ0v) is 12.8. The third-order valence-electron chi connectivity index (χ3n) is 3.57. The van der Waals surface area contributed by atoms with E-state index in [4.69, 9.17) is 10.6 Å². The van der Waals surface area contributed by atoms with Crippen molar-refractivity contribution < 1.29 is 13.9 Å². The number of nitrogens with two attached hydrogens (primary N) is 1. The summed E-state index contributed by atoms with van der Waals surface area (Å²) in [5.74, 6) is 4.79. The molecule has 2 aromatic carbocycles. The molecule has 0 unspecified atom stereocenters. The summed E-state index contributed by atoms with van der Waals surface area (Å²) < 4.78 is 18.6. The molecular formula is C17H15FN4O2. The van der Waals surface area contributed by atoms with Crippen LogP contribution in [-0.2, 0) is 0 Å². The molecule has 1 amide bonds. The van der Waals surface area contributed by atoms with Gasteiger partial charge in [0.2, 0.25) is 0 Å². The molecule has 0 aliphatic carbocycles. The number of ether oxygens (including phenoxy) is 1. The summed E-state index contributed by atoms with van der Waals surface area (Å²) in [6.45, 7) is 0. The van der Waals surface area contributed by atoms with Gasteiger partial charge in [0.15, 0.2) is 0 Å². The van der Waals surface area contributed by atoms with Crippen molar-refractivity contribution in [3.63, 3.8) is 0 Å². The van der Waals surface area contributed by atoms with E-state index < -0.39 is 5.91 Å². The highest BCUT2D eigenvalue weighted by Gasteiger charge is 2.18. The summed E-state index contributed by atoms with van der Waals surface area (Å²) in [5.41, 5.74) is 4.36. The van der Waals surface area contributed by atoms with Gasteiger partial charge in [-0.2, -0.15) is 5.10 Å². The average molecular weight is 326 g/mol. The van der Waals surface area contributed by atoms with Crippen LogP contribution in [0.2, 0.25) is 0 Å². The number of halogens is 1. The predicted molar refractivity (Wildman–Crippen MR) is 89.6 cm³/mol. The molecule has 0 bridgehead atoms. The van der Waals surface area contributed by atoms with E-state index in [1.165, 1.54) is 19.2 Å². The van der Waals surface area contributed by atoms with Crippen molar-refractivity contribution in [1.82, 2.24) is 15.6 Å². The standard InChI is InChI=1S/C17H15FN4O2/c1-24-16-12(17(23)20-19)6-8-14-15(16)13(21-22-14)7-5-10-3-2-4-11(18)9-10/h2-9H,19H2,1H3,(H,20,23)(H,21,22). The quantitative estimate of drug-likeness (QED) is 0.390. The number of hydrogen-bond donors (Lipinski definition) is 3. The number of nitrogen functional groups attached to an aromatic ring is 1. The highest BCUT2D eigenvalue weighted by atomic mass is 19.1. The molecule has 0 spiro atoms. The van der Waals surface area contributed by atoms with Crippen LogP contribution < -0.4 is 16.0 Å². The first-order valence-electron chi connectivity index (χ1n) is 7.13. The van der Waals surface area contributed by atoms with E-state index in [-0.39, 0.29) is 5.82 Å². The number of amides is 1. The van der Waals surface area contributed by atoms with Crippen LogP contribution in [0.5, 0.6) is 5.75 Å². The van der Waals surface area contributed by atoms with Crippen molar-refractivity contribution in [2.75, 3.05) is 7.11 Å². The van der Waals surface area contributed by atoms with Crippen LogP contribution >= 0.6 is 0 Å². The highest BCUT2D eigenvalue weighted by molar-refractivity contribution is 6.05. The van der Waals surface area contributed by atoms with Crippen molar-refractivity contribution in [3.05, 3.63) is 59.0 Å². The summed E-state index contributed by atoms with van der Waals surface area (Å²) in [6.07, 6.45) is 3.45. The molecule has 0 saturated carbocycles. The van der Waals surface area contributed by atoms with E-state index >= 15 is 0 Å². The van der Waals surface area contributed by atoms with Gasteiger partial charge in [0.1, 0.15) is 11.6 Å². The molecule has 0 fully saturated rings. The number of aromatic nitrogens is 2. The molecule has 6 nitrogen and oxygen atoms in total. The maximum absolute atomic E-state index is 13.3. The van der Waals surface area contributed by atoms with Gasteiger partial charge in [0.25, 0.3) is 5.91 Å². The van der Waals surface area contributed by atoms with E-state index in [0.29, 0.717) is 33.5 Å². The zero-order chi connectivity index (χ0) is 17.1. The van der Waals surface area contributed by atoms with Gasteiger partial charge in [-0.05, 0) is 35.9 Å². The number of aromatic amines is 1. The number of carbonyl (C=O) groups excluding carboxylic acids is 1. The Hall–Kier alpha value is -3.19. The number of nitrogens with zero attached hydrogens (tertiary/aromatic N) is 1. The molecule has 0 aliphatic heterocycles. The van der Waals surface area contributed by atoms with Gasteiger partial charge >= 0.3 is 0 Å². The molecule has 0 radical (unpaired) electrons. The number of nitrogens with one attached hydrogen (secondary N) is 2. The van der Waals surface area contributed by atoms with Gasteiger partial charge in [-0.3, -0.25) is 15.3 Å². The molecule has 0 atom stereocenters. The molecular weight excluding hydrogens is 311 g/mol. The smallest absolute Gasteiger partial charge is 0.268 e. The Labute approximate surface area is 137 Å². The van der Waals surface area contributed by atoms with Crippen LogP contribution in [0.4, 0.5) is 4.39 Å². The Balaban J connectivity index is 2.10. The first-order chi connectivity index (χ1) is 11.6. The minimum Gasteiger partial charge on any atom is -0.495 e. The van der Waals surface area contributed by atoms with Crippen LogP contribution in [0.3, 0.4) is 0 Å². The van der Waals surface area contributed by atoms with E-state index in [0.717, 1.165) is 0 Å². The second-order valence-electron chi connectivity index (χ2n) is 5.04. The number of hydrazine groups is 1. The first kappa shape index (κ1) is 15.7. The Morgan fingerprint density at radius 3 is 2.88 bits per heavy atom. The minimum absolute atomic E-state index is 0.300. The molecule has 4 N–H and O–H groups in total. The SMILES string of the molecule is COc1c(C(=O)NN)ccc2[nH]nc(C=Cc3cccc(F)c3)c12. The Morgan fingerprint density at radius 1 is 1.33 bits per heavy atom. The highest BCUT2D eigenvalue weighted by Crippen LogP contribution is 2.32. The number of rotatable bonds is 4. The third kappa shape index (κ3) is 2.84. The molecule has 0 saturated heterocycles. The van der Waals surface area contributed by atoms with Crippen LogP contribution in [0, 0.1) is 5.82 Å². The summed E-state index contributed by atoms with van der Waals surface area (Å²) in [4.78, 5) is 11.9. The molecule has 3 aromatic rings. The van der Waals surface area contributed by atoms with Crippen LogP contribution in [0.25, 0.3) is 23.1 Å². The van der Waals surface area contributed by atoms with Crippen molar-refractivity contribution in [3.8, 4) is 5.75 Å². The van der Waals surface area contributed by atoms with Gasteiger partial charge in [-0.15, -0.1) is 0 Å². The summed E-state index contributed by atoms with van der Waals surface area (Å²) in [6, 6.07) is 9.51. The van der Waals surface area contributed by atoms with E-state index in [2.05, 4.69) is 15.6 Å². The normalized spacial score (nSPS) is 11.1. The number of methoxy groups -OCH3 is 1. The number of carbonyl (C=O) groups is 1. The lowest BCUT2D eigenvalue weighted by Crippen LogP contribution is -2.30. The topological polar surface area (TPSA) is 93.0 Å². The summed E-state index contributed by atoms with van der Waals surface area (Å²) in [7, 11) is 1.47. The first-order valence-corrected chi connectivity index (χ1v) is 7.13. The molecule has 7 heteroatoms. The van der Waals surface area contributed by atoms with Crippen molar-refractivity contribution >= 4 is 29.0 Å². The van der Waals surface area contributed by atoms with Crippen molar-refractivity contribution in [2.24, 2.45) is 5.84 Å². The van der Waals surface area contributed by atoms with Gasteiger partial charge in [0.05, 0.1) is 29.3 Å². The maximum atomic E-state index is 13.3. The molecule has 24 heavy (non-hydrogen) atoms. The lowest BCUT2D eigenvalue weighted by molar-refractivity contribution is 0.0951. The average Bonchev–Trinajstić information content (AvgIpc) is 3.01. The Bertz CT molecular complexity index is 933. The number of benzene rings is 2. The largest absolute Gasteiger partial charge is 0.495 e. The van der Waals surface area contributed by atoms with E-state index in [9.17, 15) is 9.18 Å². The maximum Gasteiger partial charge on any atom is 0.268 e. The van der Waals surface area contributed by atoms with Crippen molar-refractivity contribution in [1.29, 1.82) is 0 Å². The second-order valence-corrected chi connectivity index (χ2v) is 5.04. The van der Waals surface area contributed by atoms with Crippen LogP contribution in [-0.4, -0.2) is 23.2 Å². The predicted octanol–water partition coefficient (Wildman–Crippen LogP) is 2.48. The lowest BCUT2D eigenvalue weighted by atomic mass is 10.1. The lowest BCUT2D eigenvalue weighted by Gasteiger charge is -2.08. The second kappa shape index (κ2) is 6.51. The van der Waals surface area contributed by atoms with Gasteiger partial charge in [-0.1, -0.05) is 18.2 Å². The van der Waals surface area contributed by atoms with Gasteiger partial charge in [-0.25, -0.2) is 10.2 Å². The Morgan fingerprint density at radius 2 is 2.17 bits per heavy atom. The zero-order valence-electron chi connectivity index (χ0n) is 12.8. The molecule has 1 heterocycles. The number of hydrogen-bond acceptors (Lipinski definition) is 4. The fourth-order valence-electron chi connectivity index (χ4n) is 2.48. The fraction of sp³-hybridized carbons (Fsp3) is 0.0588. The van der Waals surface area contributed by atoms with Crippen LogP contribution in [0.1, 0.15) is 21.6 Å². The van der Waals surface area contributed by atoms with Gasteiger partial charge < -0.3 is 4.74 Å².